The molecule has 0 unspecified atom stereocenters. The van der Waals surface area contributed by atoms with Crippen LogP contribution in [0.4, 0.5) is 5.69 Å². The highest BCUT2D eigenvalue weighted by atomic mass is 32.2. The Morgan fingerprint density at radius 2 is 2.11 bits per heavy atom. The molecule has 2 rings (SSSR count). The number of fused-ring (bicyclic) bond motifs is 1. The molecule has 0 saturated carbocycles. The first-order valence-corrected chi connectivity index (χ1v) is 7.75. The van der Waals surface area contributed by atoms with Gasteiger partial charge in [0.15, 0.2) is 6.54 Å². The number of hydrogen-bond acceptors (Lipinski definition) is 2. The molecule has 1 aromatic carbocycles. The maximum atomic E-state index is 11.5. The van der Waals surface area contributed by atoms with Crippen molar-refractivity contribution < 1.29 is 9.37 Å². The Kier molecular flexibility index (Phi) is 4.59. The lowest BCUT2D eigenvalue weighted by Crippen LogP contribution is -2.23. The van der Waals surface area contributed by atoms with Gasteiger partial charge < -0.3 is 0 Å². The lowest BCUT2D eigenvalue weighted by atomic mass is 10.0. The summed E-state index contributed by atoms with van der Waals surface area (Å²) < 4.78 is 2.33. The Labute approximate surface area is 113 Å². The van der Waals surface area contributed by atoms with Gasteiger partial charge in [-0.1, -0.05) is 36.9 Å². The lowest BCUT2D eigenvalue weighted by molar-refractivity contribution is -0.440. The van der Waals surface area contributed by atoms with Gasteiger partial charge in [0.05, 0.1) is 6.42 Å². The van der Waals surface area contributed by atoms with Gasteiger partial charge in [0.1, 0.15) is 5.78 Å². The van der Waals surface area contributed by atoms with Crippen molar-refractivity contribution in [3.8, 4) is 0 Å². The van der Waals surface area contributed by atoms with Gasteiger partial charge in [-0.15, -0.1) is 0 Å². The molecule has 2 nitrogen and oxygen atoms in total. The molecule has 0 amide bonds. The minimum absolute atomic E-state index is 0.346. The van der Waals surface area contributed by atoms with Crippen molar-refractivity contribution in [2.75, 3.05) is 12.8 Å². The van der Waals surface area contributed by atoms with E-state index in [1.165, 1.54) is 16.3 Å². The van der Waals surface area contributed by atoms with E-state index in [-0.39, 0.29) is 0 Å². The molecule has 0 spiro atoms. The van der Waals surface area contributed by atoms with E-state index in [0.29, 0.717) is 18.6 Å². The predicted octanol–water partition coefficient (Wildman–Crippen LogP) is 3.41. The minimum atomic E-state index is 0.346. The van der Waals surface area contributed by atoms with Gasteiger partial charge in [0.2, 0.25) is 10.7 Å². The van der Waals surface area contributed by atoms with Crippen LogP contribution in [0.3, 0.4) is 0 Å². The van der Waals surface area contributed by atoms with Gasteiger partial charge in [0, 0.05) is 24.5 Å². The van der Waals surface area contributed by atoms with Crippen molar-refractivity contribution in [1.29, 1.82) is 0 Å². The fourth-order valence-electron chi connectivity index (χ4n) is 2.37. The van der Waals surface area contributed by atoms with Crippen molar-refractivity contribution in [2.45, 2.75) is 32.6 Å². The third kappa shape index (κ3) is 2.83. The first-order chi connectivity index (χ1) is 8.76. The zero-order chi connectivity index (χ0) is 13.0. The lowest BCUT2D eigenvalue weighted by Gasteiger charge is -2.16. The summed E-state index contributed by atoms with van der Waals surface area (Å²) in [7, 11) is 0. The molecule has 0 aromatic heterocycles. The fourth-order valence-corrected chi connectivity index (χ4v) is 3.08. The first kappa shape index (κ1) is 13.3. The summed E-state index contributed by atoms with van der Waals surface area (Å²) >= 11 is 1.81. The second kappa shape index (κ2) is 6.19. The van der Waals surface area contributed by atoms with E-state index in [9.17, 15) is 4.79 Å². The molecule has 96 valence electrons. The van der Waals surface area contributed by atoms with E-state index in [2.05, 4.69) is 35.1 Å². The zero-order valence-corrected chi connectivity index (χ0v) is 11.9. The van der Waals surface area contributed by atoms with Gasteiger partial charge in [-0.05, 0) is 12.7 Å². The van der Waals surface area contributed by atoms with Crippen LogP contribution >= 0.6 is 11.8 Å². The maximum Gasteiger partial charge on any atom is 0.216 e. The van der Waals surface area contributed by atoms with Crippen LogP contribution in [-0.4, -0.2) is 28.2 Å². The number of benzene rings is 1. The zero-order valence-electron chi connectivity index (χ0n) is 11.1. The van der Waals surface area contributed by atoms with Crippen molar-refractivity contribution in [3.63, 3.8) is 0 Å². The maximum absolute atomic E-state index is 11.5. The Hall–Kier alpha value is -1.09. The van der Waals surface area contributed by atoms with Crippen molar-refractivity contribution in [2.24, 2.45) is 0 Å². The Morgan fingerprint density at radius 3 is 2.83 bits per heavy atom. The quantitative estimate of drug-likeness (QED) is 0.775. The summed E-state index contributed by atoms with van der Waals surface area (Å²) in [6, 6.07) is 8.54. The third-order valence-corrected chi connectivity index (χ3v) is 4.33. The number of aryl methyl sites for hydroxylation is 1. The topological polar surface area (TPSA) is 20.1 Å². The number of hydrogen-bond donors (Lipinski definition) is 0. The van der Waals surface area contributed by atoms with Crippen LogP contribution < -0.4 is 0 Å². The normalized spacial score (nSPS) is 14.6. The van der Waals surface area contributed by atoms with Gasteiger partial charge in [-0.25, -0.2) is 0 Å². The van der Waals surface area contributed by atoms with Gasteiger partial charge >= 0.3 is 0 Å². The Morgan fingerprint density at radius 1 is 1.33 bits per heavy atom. The fraction of sp³-hybridized carbons (Fsp3) is 0.467. The molecule has 3 heteroatoms. The average Bonchev–Trinajstić information content (AvgIpc) is 2.44. The number of para-hydroxylation sites is 1. The molecule has 1 heterocycles. The second-order valence-electron chi connectivity index (χ2n) is 4.52. The van der Waals surface area contributed by atoms with Crippen LogP contribution in [0.1, 0.15) is 31.7 Å². The molecule has 18 heavy (non-hydrogen) atoms. The van der Waals surface area contributed by atoms with E-state index < -0.39 is 0 Å². The first-order valence-electron chi connectivity index (χ1n) is 6.53. The number of thioether (sulfide) groups is 1. The van der Waals surface area contributed by atoms with E-state index >= 15 is 0 Å². The molecular formula is C15H20NOS+. The molecule has 0 saturated heterocycles. The van der Waals surface area contributed by atoms with Crippen LogP contribution in [0.5, 0.6) is 0 Å². The van der Waals surface area contributed by atoms with Crippen LogP contribution in [0.2, 0.25) is 0 Å². The summed E-state index contributed by atoms with van der Waals surface area (Å²) in [5, 5.41) is 1.39. The largest absolute Gasteiger partial charge is 0.299 e. The number of rotatable bonds is 4. The summed E-state index contributed by atoms with van der Waals surface area (Å²) in [5.41, 5.74) is 2.69. The summed E-state index contributed by atoms with van der Waals surface area (Å²) in [4.78, 5) is 11.5. The van der Waals surface area contributed by atoms with Crippen LogP contribution in [-0.2, 0) is 11.2 Å². The number of carbonyl (C=O) groups excluding carboxylic acids is 1. The second-order valence-corrected chi connectivity index (χ2v) is 5.40. The highest BCUT2D eigenvalue weighted by Gasteiger charge is 2.25. The molecule has 0 fully saturated rings. The molecule has 0 radical (unpaired) electrons. The van der Waals surface area contributed by atoms with Crippen molar-refractivity contribution in [1.82, 2.24) is 0 Å². The van der Waals surface area contributed by atoms with E-state index in [4.69, 9.17) is 0 Å². The van der Waals surface area contributed by atoms with Crippen molar-refractivity contribution in [3.05, 3.63) is 29.8 Å². The van der Waals surface area contributed by atoms with E-state index in [0.717, 1.165) is 19.4 Å². The molecular weight excluding hydrogens is 242 g/mol. The molecule has 0 aliphatic carbocycles. The standard InChI is InChI=1S/C15H20NOS/c1-3-13(17)10-11-16-14-7-5-4-6-12(14)8-9-15(16)18-2/h4-7H,3,8-11H2,1-2H3/q+1. The van der Waals surface area contributed by atoms with Crippen LogP contribution in [0, 0.1) is 0 Å². The molecule has 0 bridgehead atoms. The Bertz CT molecular complexity index is 479. The Balaban J connectivity index is 2.27. The minimum Gasteiger partial charge on any atom is -0.299 e. The van der Waals surface area contributed by atoms with Gasteiger partial charge in [-0.3, -0.25) is 4.79 Å². The third-order valence-electron chi connectivity index (χ3n) is 3.44. The smallest absolute Gasteiger partial charge is 0.216 e. The molecule has 0 atom stereocenters. The number of carbonyl (C=O) groups is 1. The number of Topliss-reactive ketones (excluding diaryl/α,β-unsaturated/α-hetero) is 1. The predicted molar refractivity (Wildman–Crippen MR) is 78.0 cm³/mol. The average molecular weight is 262 g/mol. The molecule has 1 aliphatic heterocycles. The van der Waals surface area contributed by atoms with Gasteiger partial charge in [-0.2, -0.15) is 4.58 Å². The van der Waals surface area contributed by atoms with E-state index in [1.54, 1.807) is 0 Å². The highest BCUT2D eigenvalue weighted by Crippen LogP contribution is 2.28. The molecule has 1 aromatic rings. The monoisotopic (exact) mass is 262 g/mol. The summed E-state index contributed by atoms with van der Waals surface area (Å²) in [5.74, 6) is 0.346. The highest BCUT2D eigenvalue weighted by molar-refractivity contribution is 8.13. The molecule has 1 aliphatic rings. The van der Waals surface area contributed by atoms with Crippen LogP contribution in [0.15, 0.2) is 24.3 Å². The molecule has 0 N–H and O–H groups in total. The summed E-state index contributed by atoms with van der Waals surface area (Å²) in [6.45, 7) is 2.76. The number of ketones is 1. The van der Waals surface area contributed by atoms with E-state index in [1.807, 2.05) is 18.7 Å². The van der Waals surface area contributed by atoms with Crippen LogP contribution in [0.25, 0.3) is 0 Å². The number of nitrogens with zero attached hydrogens (tertiary/aromatic N) is 1. The SMILES string of the molecule is CCC(=O)CC[N+]1=C(SC)CCc2ccccc21. The van der Waals surface area contributed by atoms with Crippen molar-refractivity contribution >= 4 is 28.3 Å². The van der Waals surface area contributed by atoms with Gasteiger partial charge in [0.25, 0.3) is 0 Å². The summed E-state index contributed by atoms with van der Waals surface area (Å²) in [6.07, 6.45) is 5.62.